The third-order valence-electron chi connectivity index (χ3n) is 5.87. The summed E-state index contributed by atoms with van der Waals surface area (Å²) >= 11 is 5.90. The average molecular weight is 567 g/mol. The summed E-state index contributed by atoms with van der Waals surface area (Å²) in [6.45, 7) is -1.43. The van der Waals surface area contributed by atoms with E-state index in [-0.39, 0.29) is 36.0 Å². The fraction of sp³-hybridized carbons (Fsp3) is 0.304. The van der Waals surface area contributed by atoms with Crippen LogP contribution in [0.25, 0.3) is 17.2 Å². The zero-order chi connectivity index (χ0) is 27.9. The zero-order valence-corrected chi connectivity index (χ0v) is 20.5. The molecule has 1 amide bonds. The number of carbonyl (C=O) groups is 1. The van der Waals surface area contributed by atoms with Crippen LogP contribution in [-0.4, -0.2) is 69.6 Å². The van der Waals surface area contributed by atoms with Crippen LogP contribution in [0.5, 0.6) is 0 Å². The number of alkyl halides is 4. The topological polar surface area (TPSA) is 133 Å². The monoisotopic (exact) mass is 566 g/mol. The first kappa shape index (κ1) is 26.5. The minimum absolute atomic E-state index is 0.0313. The molecule has 0 aliphatic heterocycles. The van der Waals surface area contributed by atoms with Crippen molar-refractivity contribution in [3.05, 3.63) is 75.8 Å². The van der Waals surface area contributed by atoms with Crippen molar-refractivity contribution < 1.29 is 27.5 Å². The van der Waals surface area contributed by atoms with Crippen LogP contribution >= 0.6 is 11.6 Å². The van der Waals surface area contributed by atoms with E-state index in [1.54, 1.807) is 0 Å². The molecule has 0 radical (unpaired) electrons. The van der Waals surface area contributed by atoms with Gasteiger partial charge in [0.15, 0.2) is 23.6 Å². The van der Waals surface area contributed by atoms with Crippen molar-refractivity contribution in [2.75, 3.05) is 0 Å². The summed E-state index contributed by atoms with van der Waals surface area (Å²) < 4.78 is 55.2. The van der Waals surface area contributed by atoms with Crippen LogP contribution in [0.2, 0.25) is 5.02 Å². The number of aliphatic hydroxyl groups excluding tert-OH is 1. The first-order valence-electron chi connectivity index (χ1n) is 11.5. The third-order valence-corrected chi connectivity index (χ3v) is 6.12. The van der Waals surface area contributed by atoms with Gasteiger partial charge >= 0.3 is 11.9 Å². The lowest BCUT2D eigenvalue weighted by molar-refractivity contribution is -0.207. The molecule has 11 nitrogen and oxygen atoms in total. The fourth-order valence-electron chi connectivity index (χ4n) is 3.72. The Hall–Kier alpha value is -4.11. The Kier molecular flexibility index (Phi) is 6.94. The molecule has 4 aromatic rings. The number of nitrogens with zero attached hydrogens (tertiary/aromatic N) is 7. The second kappa shape index (κ2) is 10.2. The number of rotatable bonds is 8. The van der Waals surface area contributed by atoms with Gasteiger partial charge in [0.1, 0.15) is 19.0 Å². The first-order chi connectivity index (χ1) is 18.5. The molecule has 0 spiro atoms. The van der Waals surface area contributed by atoms with Crippen LogP contribution in [0.15, 0.2) is 53.7 Å². The first-order valence-corrected chi connectivity index (χ1v) is 11.9. The quantitative estimate of drug-likeness (QED) is 0.312. The van der Waals surface area contributed by atoms with Gasteiger partial charge in [0.2, 0.25) is 0 Å². The molecule has 2 N–H and O–H groups in total. The van der Waals surface area contributed by atoms with E-state index in [0.29, 0.717) is 15.2 Å². The molecule has 204 valence electrons. The highest BCUT2D eigenvalue weighted by Gasteiger charge is 2.40. The maximum Gasteiger partial charge on any atom is 0.416 e. The Morgan fingerprint density at radius 1 is 1.18 bits per heavy atom. The van der Waals surface area contributed by atoms with Gasteiger partial charge in [-0.3, -0.25) is 9.36 Å². The highest BCUT2D eigenvalue weighted by Crippen LogP contribution is 2.26. The van der Waals surface area contributed by atoms with E-state index in [1.165, 1.54) is 53.6 Å². The Balaban J connectivity index is 1.44. The minimum atomic E-state index is -4.96. The van der Waals surface area contributed by atoms with Gasteiger partial charge in [-0.2, -0.15) is 13.2 Å². The third kappa shape index (κ3) is 5.68. The molecule has 5 rings (SSSR count). The number of aromatic nitrogens is 7. The number of pyridine rings is 1. The lowest BCUT2D eigenvalue weighted by Gasteiger charge is -2.15. The van der Waals surface area contributed by atoms with Crippen LogP contribution in [0.4, 0.5) is 17.6 Å². The summed E-state index contributed by atoms with van der Waals surface area (Å²) in [5, 5.41) is 20.9. The summed E-state index contributed by atoms with van der Waals surface area (Å²) in [5.41, 5.74) is -0.540. The number of carbonyl (C=O) groups excluding carboxylic acids is 1. The largest absolute Gasteiger partial charge is 0.416 e. The number of hydrogen-bond acceptors (Lipinski definition) is 7. The number of hydrogen-bond donors (Lipinski definition) is 2. The van der Waals surface area contributed by atoms with Crippen LogP contribution in [0.3, 0.4) is 0 Å². The van der Waals surface area contributed by atoms with Gasteiger partial charge in [-0.25, -0.2) is 28.5 Å². The molecule has 0 unspecified atom stereocenters. The molecule has 1 saturated carbocycles. The highest BCUT2D eigenvalue weighted by atomic mass is 35.5. The summed E-state index contributed by atoms with van der Waals surface area (Å²) in [7, 11) is 0. The number of amides is 1. The van der Waals surface area contributed by atoms with Gasteiger partial charge in [-0.05, 0) is 36.4 Å². The molecule has 3 heterocycles. The van der Waals surface area contributed by atoms with Crippen molar-refractivity contribution in [3.8, 4) is 17.2 Å². The van der Waals surface area contributed by atoms with Crippen LogP contribution in [0, 0.1) is 0 Å². The maximum absolute atomic E-state index is 13.2. The van der Waals surface area contributed by atoms with E-state index in [2.05, 4.69) is 25.5 Å². The molecular formula is C23H19ClF4N8O3. The average Bonchev–Trinajstić information content (AvgIpc) is 3.26. The lowest BCUT2D eigenvalue weighted by Crippen LogP contribution is -2.37. The van der Waals surface area contributed by atoms with Crippen molar-refractivity contribution in [3.63, 3.8) is 0 Å². The van der Waals surface area contributed by atoms with Gasteiger partial charge in [-0.15, -0.1) is 10.2 Å². The Morgan fingerprint density at radius 2 is 1.90 bits per heavy atom. The van der Waals surface area contributed by atoms with Crippen LogP contribution in [-0.2, 0) is 13.1 Å². The summed E-state index contributed by atoms with van der Waals surface area (Å²) in [5.74, 6) is -0.554. The molecule has 3 atom stereocenters. The van der Waals surface area contributed by atoms with E-state index < -0.39 is 42.6 Å². The lowest BCUT2D eigenvalue weighted by atomic mass is 10.2. The summed E-state index contributed by atoms with van der Waals surface area (Å²) in [6.07, 6.45) is -5.99. The van der Waals surface area contributed by atoms with E-state index >= 15 is 0 Å². The van der Waals surface area contributed by atoms with Crippen molar-refractivity contribution in [2.24, 2.45) is 0 Å². The zero-order valence-electron chi connectivity index (χ0n) is 19.8. The Labute approximate surface area is 221 Å². The predicted octanol–water partition coefficient (Wildman–Crippen LogP) is 2.15. The van der Waals surface area contributed by atoms with Gasteiger partial charge in [0.25, 0.3) is 5.91 Å². The number of nitrogens with one attached hydrogen (secondary N) is 1. The van der Waals surface area contributed by atoms with E-state index in [4.69, 9.17) is 11.6 Å². The maximum atomic E-state index is 13.2. The molecule has 3 aromatic heterocycles. The normalized spacial score (nSPS) is 17.7. The van der Waals surface area contributed by atoms with Crippen LogP contribution < -0.4 is 11.0 Å². The van der Waals surface area contributed by atoms with Crippen molar-refractivity contribution >= 4 is 17.5 Å². The molecule has 1 fully saturated rings. The fourth-order valence-corrected chi connectivity index (χ4v) is 3.85. The van der Waals surface area contributed by atoms with E-state index in [1.807, 2.05) is 0 Å². The highest BCUT2D eigenvalue weighted by molar-refractivity contribution is 6.30. The summed E-state index contributed by atoms with van der Waals surface area (Å²) in [4.78, 5) is 33.9. The molecule has 1 aliphatic carbocycles. The predicted molar refractivity (Wildman–Crippen MR) is 128 cm³/mol. The second-order valence-electron chi connectivity index (χ2n) is 8.75. The Bertz CT molecular complexity index is 1570. The van der Waals surface area contributed by atoms with Gasteiger partial charge in [0, 0.05) is 23.2 Å². The molecular weight excluding hydrogens is 548 g/mol. The van der Waals surface area contributed by atoms with E-state index in [0.717, 1.165) is 4.68 Å². The molecule has 1 aromatic carbocycles. The van der Waals surface area contributed by atoms with Crippen molar-refractivity contribution in [2.45, 2.75) is 44.0 Å². The molecule has 1 aliphatic rings. The molecule has 0 saturated heterocycles. The molecule has 0 bridgehead atoms. The number of aliphatic hydroxyl groups is 1. The van der Waals surface area contributed by atoms with Gasteiger partial charge < -0.3 is 10.4 Å². The molecule has 39 heavy (non-hydrogen) atoms. The number of halogens is 5. The molecule has 16 heteroatoms. The minimum Gasteiger partial charge on any atom is -0.382 e. The van der Waals surface area contributed by atoms with Gasteiger partial charge in [0.05, 0.1) is 18.2 Å². The standard InChI is InChI=1S/C23H19ClF4N8O3/c24-13-5-3-12(4-6-13)19-33-35(22(39)34(19)9-17(37)23(26,27)28)10-18-30-11-36(32-18)20-14(2-1-7-29-20)21(38)31-16-8-15(16)25/h1-7,11,15-17,37H,8-10H2,(H,31,38)/t15-,16+,17+/m1/s1. The number of benzene rings is 1. The Morgan fingerprint density at radius 3 is 2.56 bits per heavy atom. The summed E-state index contributed by atoms with van der Waals surface area (Å²) in [6, 6.07) is 8.33. The SMILES string of the molecule is O=C(N[C@H]1C[C@H]1F)c1cccnc1-n1cnc(Cn2nc(-c3ccc(Cl)cc3)n(C[C@H](O)C(F)(F)F)c2=O)n1. The van der Waals surface area contributed by atoms with Crippen molar-refractivity contribution in [1.29, 1.82) is 0 Å². The second-order valence-corrected chi connectivity index (χ2v) is 9.19. The van der Waals surface area contributed by atoms with E-state index in [9.17, 15) is 32.3 Å². The van der Waals surface area contributed by atoms with Crippen LogP contribution in [0.1, 0.15) is 22.6 Å². The smallest absolute Gasteiger partial charge is 0.382 e. The van der Waals surface area contributed by atoms with Crippen molar-refractivity contribution in [1.82, 2.24) is 39.4 Å². The van der Waals surface area contributed by atoms with Gasteiger partial charge in [-0.1, -0.05) is 11.6 Å².